The molecule has 0 bridgehead atoms. The fraction of sp³-hybridized carbons (Fsp3) is 0.188. The summed E-state index contributed by atoms with van der Waals surface area (Å²) >= 11 is 0. The molecule has 18 heavy (non-hydrogen) atoms. The zero-order valence-corrected chi connectivity index (χ0v) is 10.1. The van der Waals surface area contributed by atoms with E-state index in [9.17, 15) is 0 Å². The number of hydrogen-bond donors (Lipinski definition) is 1. The number of nitrogens with zero attached hydrogens (tertiary/aromatic N) is 1. The van der Waals surface area contributed by atoms with Gasteiger partial charge in [-0.2, -0.15) is 0 Å². The molecule has 3 aromatic rings. The van der Waals surface area contributed by atoms with E-state index >= 15 is 0 Å². The van der Waals surface area contributed by atoms with E-state index < -0.39 is 0 Å². The van der Waals surface area contributed by atoms with Crippen LogP contribution in [0.25, 0.3) is 21.7 Å². The molecule has 2 nitrogen and oxygen atoms in total. The number of aromatic nitrogens is 1. The van der Waals surface area contributed by atoms with Crippen molar-refractivity contribution in [3.05, 3.63) is 48.2 Å². The van der Waals surface area contributed by atoms with Crippen molar-refractivity contribution in [2.24, 2.45) is 0 Å². The minimum atomic E-state index is 1.06. The molecule has 2 aromatic carbocycles. The van der Waals surface area contributed by atoms with Gasteiger partial charge in [0, 0.05) is 29.2 Å². The lowest BCUT2D eigenvalue weighted by atomic mass is 9.97. The number of nitrogens with one attached hydrogen (secondary N) is 1. The molecule has 88 valence electrons. The molecule has 0 spiro atoms. The molecule has 2 heterocycles. The van der Waals surface area contributed by atoms with E-state index in [-0.39, 0.29) is 0 Å². The van der Waals surface area contributed by atoms with Crippen molar-refractivity contribution < 1.29 is 0 Å². The number of benzene rings is 2. The molecule has 0 unspecified atom stereocenters. The quantitative estimate of drug-likeness (QED) is 0.599. The van der Waals surface area contributed by atoms with Gasteiger partial charge in [-0.3, -0.25) is 4.98 Å². The van der Waals surface area contributed by atoms with E-state index in [1.807, 2.05) is 6.20 Å². The molecule has 1 aliphatic rings. The third-order valence-corrected chi connectivity index (χ3v) is 3.77. The zero-order chi connectivity index (χ0) is 11.9. The molecule has 0 saturated heterocycles. The Bertz CT molecular complexity index is 747. The van der Waals surface area contributed by atoms with Crippen molar-refractivity contribution in [1.82, 2.24) is 4.98 Å². The highest BCUT2D eigenvalue weighted by Crippen LogP contribution is 2.34. The fourth-order valence-corrected chi connectivity index (χ4v) is 2.89. The highest BCUT2D eigenvalue weighted by Gasteiger charge is 2.14. The molecule has 0 saturated carbocycles. The van der Waals surface area contributed by atoms with E-state index in [1.165, 1.54) is 40.3 Å². The van der Waals surface area contributed by atoms with Crippen LogP contribution in [-0.2, 0) is 6.42 Å². The van der Waals surface area contributed by atoms with Crippen molar-refractivity contribution in [3.8, 4) is 0 Å². The van der Waals surface area contributed by atoms with E-state index in [2.05, 4.69) is 46.7 Å². The Morgan fingerprint density at radius 1 is 1.06 bits per heavy atom. The van der Waals surface area contributed by atoms with Crippen LogP contribution in [0.4, 0.5) is 5.69 Å². The van der Waals surface area contributed by atoms with Crippen LogP contribution in [0.3, 0.4) is 0 Å². The van der Waals surface area contributed by atoms with Gasteiger partial charge in [0.2, 0.25) is 0 Å². The summed E-state index contributed by atoms with van der Waals surface area (Å²) in [6, 6.07) is 12.8. The molecule has 0 radical (unpaired) electrons. The number of aryl methyl sites for hydroxylation is 1. The molecule has 4 rings (SSSR count). The van der Waals surface area contributed by atoms with Crippen molar-refractivity contribution in [2.75, 3.05) is 11.9 Å². The number of pyridine rings is 1. The second kappa shape index (κ2) is 3.70. The van der Waals surface area contributed by atoms with E-state index in [0.29, 0.717) is 0 Å². The molecule has 0 amide bonds. The van der Waals surface area contributed by atoms with Gasteiger partial charge in [0.1, 0.15) is 0 Å². The Labute approximate surface area is 106 Å². The number of hydrogen-bond acceptors (Lipinski definition) is 2. The minimum Gasteiger partial charge on any atom is -0.384 e. The standard InChI is InChI=1S/C16H14N2/c1-2-6-13-12(4-1)10-18-14-8-7-11-5-3-9-17-16(11)15(13)14/h1-2,4,6-8,10,17H,3,5,9H2. The monoisotopic (exact) mass is 234 g/mol. The Balaban J connectivity index is 2.21. The summed E-state index contributed by atoms with van der Waals surface area (Å²) < 4.78 is 0. The first-order valence-electron chi connectivity index (χ1n) is 6.47. The van der Waals surface area contributed by atoms with Crippen LogP contribution < -0.4 is 5.32 Å². The molecule has 0 fully saturated rings. The van der Waals surface area contributed by atoms with E-state index in [0.717, 1.165) is 12.1 Å². The molecule has 1 aromatic heterocycles. The lowest BCUT2D eigenvalue weighted by molar-refractivity contribution is 0.833. The van der Waals surface area contributed by atoms with Crippen molar-refractivity contribution in [3.63, 3.8) is 0 Å². The normalized spacial score (nSPS) is 14.4. The van der Waals surface area contributed by atoms with Gasteiger partial charge in [-0.1, -0.05) is 30.3 Å². The Morgan fingerprint density at radius 3 is 3.00 bits per heavy atom. The third kappa shape index (κ3) is 1.32. The predicted molar refractivity (Wildman–Crippen MR) is 76.1 cm³/mol. The summed E-state index contributed by atoms with van der Waals surface area (Å²) in [6.45, 7) is 1.06. The summed E-state index contributed by atoms with van der Waals surface area (Å²) in [7, 11) is 0. The van der Waals surface area contributed by atoms with Gasteiger partial charge in [-0.25, -0.2) is 0 Å². The number of anilines is 1. The van der Waals surface area contributed by atoms with Crippen LogP contribution in [0.1, 0.15) is 12.0 Å². The second-order valence-corrected chi connectivity index (χ2v) is 4.87. The van der Waals surface area contributed by atoms with Crippen molar-refractivity contribution in [2.45, 2.75) is 12.8 Å². The van der Waals surface area contributed by atoms with Crippen molar-refractivity contribution >= 4 is 27.4 Å². The molecule has 1 N–H and O–H groups in total. The molecular formula is C16H14N2. The summed E-state index contributed by atoms with van der Waals surface area (Å²) in [5.41, 5.74) is 3.80. The topological polar surface area (TPSA) is 24.9 Å². The fourth-order valence-electron chi connectivity index (χ4n) is 2.89. The maximum Gasteiger partial charge on any atom is 0.0729 e. The highest BCUT2D eigenvalue weighted by atomic mass is 14.9. The van der Waals surface area contributed by atoms with E-state index in [1.54, 1.807) is 0 Å². The van der Waals surface area contributed by atoms with Gasteiger partial charge >= 0.3 is 0 Å². The average Bonchev–Trinajstić information content (AvgIpc) is 2.46. The van der Waals surface area contributed by atoms with Crippen LogP contribution in [0.2, 0.25) is 0 Å². The first-order chi connectivity index (χ1) is 8.93. The molecule has 0 atom stereocenters. The highest BCUT2D eigenvalue weighted by molar-refractivity contribution is 6.12. The van der Waals surface area contributed by atoms with Crippen LogP contribution in [0.5, 0.6) is 0 Å². The second-order valence-electron chi connectivity index (χ2n) is 4.87. The molecule has 2 heteroatoms. The smallest absolute Gasteiger partial charge is 0.0729 e. The van der Waals surface area contributed by atoms with Gasteiger partial charge in [0.25, 0.3) is 0 Å². The maximum absolute atomic E-state index is 4.58. The number of fused-ring (bicyclic) bond motifs is 5. The van der Waals surface area contributed by atoms with Gasteiger partial charge < -0.3 is 5.32 Å². The van der Waals surface area contributed by atoms with Gasteiger partial charge in [-0.15, -0.1) is 0 Å². The van der Waals surface area contributed by atoms with Crippen LogP contribution in [-0.4, -0.2) is 11.5 Å². The largest absolute Gasteiger partial charge is 0.384 e. The van der Waals surface area contributed by atoms with Crippen LogP contribution in [0.15, 0.2) is 42.6 Å². The SMILES string of the molecule is c1ccc2c(c1)cnc1ccc3c(c12)NCCC3. The van der Waals surface area contributed by atoms with E-state index in [4.69, 9.17) is 0 Å². The van der Waals surface area contributed by atoms with Crippen molar-refractivity contribution in [1.29, 1.82) is 0 Å². The molecule has 0 aliphatic carbocycles. The summed E-state index contributed by atoms with van der Waals surface area (Å²) in [5, 5.41) is 7.35. The summed E-state index contributed by atoms with van der Waals surface area (Å²) in [4.78, 5) is 4.58. The zero-order valence-electron chi connectivity index (χ0n) is 10.1. The average molecular weight is 234 g/mol. The Morgan fingerprint density at radius 2 is 2.00 bits per heavy atom. The molecule has 1 aliphatic heterocycles. The van der Waals surface area contributed by atoms with Crippen LogP contribution >= 0.6 is 0 Å². The minimum absolute atomic E-state index is 1.06. The lowest BCUT2D eigenvalue weighted by Crippen LogP contribution is -2.12. The first-order valence-corrected chi connectivity index (χ1v) is 6.47. The summed E-state index contributed by atoms with van der Waals surface area (Å²) in [5.74, 6) is 0. The molecular weight excluding hydrogens is 220 g/mol. The van der Waals surface area contributed by atoms with Gasteiger partial charge in [0.05, 0.1) is 5.52 Å². The first kappa shape index (κ1) is 9.89. The predicted octanol–water partition coefficient (Wildman–Crippen LogP) is 3.75. The number of rotatable bonds is 0. The maximum atomic E-state index is 4.58. The lowest BCUT2D eigenvalue weighted by Gasteiger charge is -2.20. The van der Waals surface area contributed by atoms with Gasteiger partial charge in [0.15, 0.2) is 0 Å². The third-order valence-electron chi connectivity index (χ3n) is 3.77. The Kier molecular flexibility index (Phi) is 2.04. The van der Waals surface area contributed by atoms with Gasteiger partial charge in [-0.05, 0) is 29.9 Å². The summed E-state index contributed by atoms with van der Waals surface area (Å²) in [6.07, 6.45) is 4.35. The Hall–Kier alpha value is -2.09. The van der Waals surface area contributed by atoms with Crippen LogP contribution in [0, 0.1) is 0 Å².